The van der Waals surface area contributed by atoms with Crippen LogP contribution in [0.5, 0.6) is 0 Å². The average Bonchev–Trinajstić information content (AvgIpc) is 3.40. The van der Waals surface area contributed by atoms with Crippen molar-refractivity contribution in [2.24, 2.45) is 0 Å². The van der Waals surface area contributed by atoms with Crippen molar-refractivity contribution in [2.45, 2.75) is 13.3 Å². The van der Waals surface area contributed by atoms with Crippen molar-refractivity contribution >= 4 is 29.2 Å². The zero-order valence-corrected chi connectivity index (χ0v) is 18.9. The molecule has 1 N–H and O–H groups in total. The van der Waals surface area contributed by atoms with E-state index in [9.17, 15) is 9.59 Å². The number of halogens is 1. The number of amides is 2. The molecule has 0 bridgehead atoms. The van der Waals surface area contributed by atoms with Gasteiger partial charge in [-0.2, -0.15) is 5.10 Å². The van der Waals surface area contributed by atoms with Crippen molar-refractivity contribution < 1.29 is 14.1 Å². The average molecular weight is 464 g/mol. The molecule has 0 unspecified atom stereocenters. The molecule has 0 radical (unpaired) electrons. The highest BCUT2D eigenvalue weighted by Crippen LogP contribution is 2.26. The molecule has 2 aromatic carbocycles. The van der Waals surface area contributed by atoms with Crippen LogP contribution in [0.3, 0.4) is 0 Å². The third kappa shape index (κ3) is 5.48. The van der Waals surface area contributed by atoms with Crippen molar-refractivity contribution in [3.63, 3.8) is 0 Å². The van der Waals surface area contributed by atoms with Crippen LogP contribution in [0, 0.1) is 6.92 Å². The number of aromatic nitrogens is 3. The van der Waals surface area contributed by atoms with Crippen molar-refractivity contribution in [3.05, 3.63) is 83.2 Å². The Hall–Kier alpha value is -3.91. The number of nitrogens with one attached hydrogen (secondary N) is 1. The standard InChI is InChI=1S/C24H22ClN5O3/c1-16-12-21(28-33-16)26-22(31)15-29(2)23(32)13-18-14-30(20-6-4-3-5-7-20)27-24(18)17-8-10-19(25)11-9-17/h3-12,14H,13,15H2,1-2H3,(H,26,28,31). The maximum atomic E-state index is 12.9. The Bertz CT molecular complexity index is 1270. The van der Waals surface area contributed by atoms with Gasteiger partial charge in [0.15, 0.2) is 5.82 Å². The Balaban J connectivity index is 1.53. The summed E-state index contributed by atoms with van der Waals surface area (Å²) in [4.78, 5) is 26.6. The fourth-order valence-electron chi connectivity index (χ4n) is 3.31. The van der Waals surface area contributed by atoms with Gasteiger partial charge in [0.2, 0.25) is 11.8 Å². The number of hydrogen-bond acceptors (Lipinski definition) is 5. The summed E-state index contributed by atoms with van der Waals surface area (Å²) in [6, 6.07) is 18.6. The summed E-state index contributed by atoms with van der Waals surface area (Å²) in [5.41, 5.74) is 3.14. The van der Waals surface area contributed by atoms with Crippen molar-refractivity contribution in [2.75, 3.05) is 18.9 Å². The number of para-hydroxylation sites is 1. The first-order valence-corrected chi connectivity index (χ1v) is 10.6. The first kappa shape index (κ1) is 22.3. The maximum Gasteiger partial charge on any atom is 0.245 e. The van der Waals surface area contributed by atoms with E-state index in [1.165, 1.54) is 4.90 Å². The molecule has 0 saturated heterocycles. The fourth-order valence-corrected chi connectivity index (χ4v) is 3.44. The van der Waals surface area contributed by atoms with Crippen LogP contribution < -0.4 is 5.32 Å². The van der Waals surface area contributed by atoms with Gasteiger partial charge in [-0.3, -0.25) is 9.59 Å². The lowest BCUT2D eigenvalue weighted by Crippen LogP contribution is -2.35. The second kappa shape index (κ2) is 9.70. The van der Waals surface area contributed by atoms with Gasteiger partial charge >= 0.3 is 0 Å². The number of hydrogen-bond donors (Lipinski definition) is 1. The molecule has 9 heteroatoms. The molecular formula is C24H22ClN5O3. The normalized spacial score (nSPS) is 10.8. The third-order valence-electron chi connectivity index (χ3n) is 4.97. The van der Waals surface area contributed by atoms with Gasteiger partial charge < -0.3 is 14.7 Å². The lowest BCUT2D eigenvalue weighted by molar-refractivity contribution is -0.132. The molecule has 0 aliphatic carbocycles. The minimum absolute atomic E-state index is 0.0810. The van der Waals surface area contributed by atoms with Crippen LogP contribution in [0.15, 0.2) is 71.4 Å². The van der Waals surface area contributed by atoms with E-state index in [0.717, 1.165) is 16.8 Å². The van der Waals surface area contributed by atoms with Crippen LogP contribution in [0.1, 0.15) is 11.3 Å². The second-order valence-corrected chi connectivity index (χ2v) is 8.02. The third-order valence-corrected chi connectivity index (χ3v) is 5.22. The summed E-state index contributed by atoms with van der Waals surface area (Å²) in [6.45, 7) is 1.61. The number of aryl methyl sites for hydroxylation is 1. The predicted octanol–water partition coefficient (Wildman–Crippen LogP) is 4.13. The number of carbonyl (C=O) groups is 2. The number of nitrogens with zero attached hydrogens (tertiary/aromatic N) is 4. The van der Waals surface area contributed by atoms with Crippen LogP contribution in [0.2, 0.25) is 5.02 Å². The molecule has 168 valence electrons. The second-order valence-electron chi connectivity index (χ2n) is 7.59. The molecule has 8 nitrogen and oxygen atoms in total. The number of carbonyl (C=O) groups excluding carboxylic acids is 2. The van der Waals surface area contributed by atoms with Gasteiger partial charge in [-0.25, -0.2) is 4.68 Å². The molecule has 33 heavy (non-hydrogen) atoms. The number of anilines is 1. The molecule has 0 aliphatic rings. The van der Waals surface area contributed by atoms with E-state index in [-0.39, 0.29) is 24.8 Å². The highest BCUT2D eigenvalue weighted by Gasteiger charge is 2.19. The number of rotatable bonds is 7. The van der Waals surface area contributed by atoms with Gasteiger partial charge in [-0.15, -0.1) is 0 Å². The summed E-state index contributed by atoms with van der Waals surface area (Å²) in [6.07, 6.45) is 1.92. The smallest absolute Gasteiger partial charge is 0.245 e. The molecule has 0 fully saturated rings. The highest BCUT2D eigenvalue weighted by molar-refractivity contribution is 6.30. The number of benzene rings is 2. The maximum absolute atomic E-state index is 12.9. The first-order valence-electron chi connectivity index (χ1n) is 10.3. The van der Waals surface area contributed by atoms with Gasteiger partial charge in [-0.1, -0.05) is 47.1 Å². The highest BCUT2D eigenvalue weighted by atomic mass is 35.5. The Kier molecular flexibility index (Phi) is 6.55. The van der Waals surface area contributed by atoms with Crippen molar-refractivity contribution in [1.29, 1.82) is 0 Å². The van der Waals surface area contributed by atoms with Crippen LogP contribution in [-0.2, 0) is 16.0 Å². The van der Waals surface area contributed by atoms with Crippen LogP contribution in [0.25, 0.3) is 16.9 Å². The molecule has 2 heterocycles. The molecular weight excluding hydrogens is 442 g/mol. The summed E-state index contributed by atoms with van der Waals surface area (Å²) in [5.74, 6) is 0.314. The SMILES string of the molecule is Cc1cc(NC(=O)CN(C)C(=O)Cc2cn(-c3ccccc3)nc2-c2ccc(Cl)cc2)no1. The Labute approximate surface area is 195 Å². The first-order chi connectivity index (χ1) is 15.9. The molecule has 0 spiro atoms. The number of likely N-dealkylation sites (N-methyl/N-ethyl adjacent to an activating group) is 1. The minimum Gasteiger partial charge on any atom is -0.360 e. The van der Waals surface area contributed by atoms with E-state index in [0.29, 0.717) is 22.3 Å². The van der Waals surface area contributed by atoms with Crippen LogP contribution >= 0.6 is 11.6 Å². The van der Waals surface area contributed by atoms with E-state index < -0.39 is 0 Å². The van der Waals surface area contributed by atoms with Crippen molar-refractivity contribution in [3.8, 4) is 16.9 Å². The van der Waals surface area contributed by atoms with Crippen LogP contribution in [-0.4, -0.2) is 45.2 Å². The fraction of sp³-hybridized carbons (Fsp3) is 0.167. The molecule has 4 aromatic rings. The quantitative estimate of drug-likeness (QED) is 0.445. The van der Waals surface area contributed by atoms with E-state index >= 15 is 0 Å². The Morgan fingerprint density at radius 2 is 1.85 bits per heavy atom. The molecule has 0 saturated carbocycles. The van der Waals surface area contributed by atoms with Gasteiger partial charge in [0.1, 0.15) is 5.76 Å². The molecule has 0 aliphatic heterocycles. The molecule has 0 atom stereocenters. The largest absolute Gasteiger partial charge is 0.360 e. The Morgan fingerprint density at radius 3 is 2.52 bits per heavy atom. The lowest BCUT2D eigenvalue weighted by atomic mass is 10.1. The van der Waals surface area contributed by atoms with Gasteiger partial charge in [0.25, 0.3) is 0 Å². The monoisotopic (exact) mass is 463 g/mol. The van der Waals surface area contributed by atoms with E-state index in [1.807, 2.05) is 48.7 Å². The zero-order valence-electron chi connectivity index (χ0n) is 18.2. The molecule has 2 aromatic heterocycles. The van der Waals surface area contributed by atoms with Gasteiger partial charge in [0.05, 0.1) is 24.3 Å². The minimum atomic E-state index is -0.364. The summed E-state index contributed by atoms with van der Waals surface area (Å²) in [7, 11) is 1.58. The van der Waals surface area contributed by atoms with E-state index in [1.54, 1.807) is 36.9 Å². The summed E-state index contributed by atoms with van der Waals surface area (Å²) >= 11 is 6.04. The topological polar surface area (TPSA) is 93.3 Å². The van der Waals surface area contributed by atoms with Crippen molar-refractivity contribution in [1.82, 2.24) is 19.8 Å². The van der Waals surface area contributed by atoms with E-state index in [4.69, 9.17) is 21.2 Å². The van der Waals surface area contributed by atoms with Crippen LogP contribution in [0.4, 0.5) is 5.82 Å². The van der Waals surface area contributed by atoms with Gasteiger partial charge in [0, 0.05) is 35.5 Å². The predicted molar refractivity (Wildman–Crippen MR) is 125 cm³/mol. The molecule has 4 rings (SSSR count). The van der Waals surface area contributed by atoms with E-state index in [2.05, 4.69) is 10.5 Å². The summed E-state index contributed by atoms with van der Waals surface area (Å²) in [5, 5.41) is 11.7. The summed E-state index contributed by atoms with van der Waals surface area (Å²) < 4.78 is 6.68. The Morgan fingerprint density at radius 1 is 1.12 bits per heavy atom. The lowest BCUT2D eigenvalue weighted by Gasteiger charge is -2.16. The molecule has 2 amide bonds. The van der Waals surface area contributed by atoms with Gasteiger partial charge in [-0.05, 0) is 31.2 Å². The zero-order chi connectivity index (χ0) is 23.4.